The molecule has 0 spiro atoms. The van der Waals surface area contributed by atoms with E-state index in [0.717, 1.165) is 11.5 Å². The molecule has 1 N–H and O–H groups in total. The SMILES string of the molecule is O=c1ccc(/C=C/c2ccc(CC3CCC3)cc2)c[nH]1. The number of hydrogen-bond donors (Lipinski definition) is 1. The van der Waals surface area contributed by atoms with E-state index in [4.69, 9.17) is 0 Å². The fourth-order valence-corrected chi connectivity index (χ4v) is 2.51. The predicted molar refractivity (Wildman–Crippen MR) is 83.5 cm³/mol. The molecule has 1 aromatic carbocycles. The largest absolute Gasteiger partial charge is 0.329 e. The topological polar surface area (TPSA) is 32.9 Å². The van der Waals surface area contributed by atoms with Gasteiger partial charge in [0.1, 0.15) is 0 Å². The third-order valence-electron chi connectivity index (χ3n) is 4.01. The molecule has 1 saturated carbocycles. The fraction of sp³-hybridized carbons (Fsp3) is 0.278. The molecule has 0 atom stereocenters. The van der Waals surface area contributed by atoms with Gasteiger partial charge in [0.05, 0.1) is 0 Å². The summed E-state index contributed by atoms with van der Waals surface area (Å²) < 4.78 is 0. The third kappa shape index (κ3) is 3.27. The van der Waals surface area contributed by atoms with Crippen molar-refractivity contribution in [3.8, 4) is 0 Å². The molecule has 1 heterocycles. The molecule has 2 nitrogen and oxygen atoms in total. The van der Waals surface area contributed by atoms with Gasteiger partial charge in [-0.3, -0.25) is 4.79 Å². The van der Waals surface area contributed by atoms with Gasteiger partial charge >= 0.3 is 0 Å². The average molecular weight is 265 g/mol. The van der Waals surface area contributed by atoms with Crippen LogP contribution in [-0.2, 0) is 6.42 Å². The molecule has 2 heteroatoms. The summed E-state index contributed by atoms with van der Waals surface area (Å²) >= 11 is 0. The summed E-state index contributed by atoms with van der Waals surface area (Å²) in [6.45, 7) is 0. The Bertz CT molecular complexity index is 627. The molecule has 3 rings (SSSR count). The molecule has 0 amide bonds. The Kier molecular flexibility index (Phi) is 3.82. The van der Waals surface area contributed by atoms with Gasteiger partial charge in [0.2, 0.25) is 5.56 Å². The van der Waals surface area contributed by atoms with Gasteiger partial charge in [-0.1, -0.05) is 55.7 Å². The molecule has 1 aliphatic rings. The second-order valence-electron chi connectivity index (χ2n) is 5.56. The van der Waals surface area contributed by atoms with Crippen molar-refractivity contribution >= 4 is 12.2 Å². The van der Waals surface area contributed by atoms with Crippen LogP contribution in [0.15, 0.2) is 47.4 Å². The maximum absolute atomic E-state index is 11.0. The minimum atomic E-state index is -0.0671. The summed E-state index contributed by atoms with van der Waals surface area (Å²) in [6.07, 6.45) is 11.2. The molecular weight excluding hydrogens is 246 g/mol. The lowest BCUT2D eigenvalue weighted by atomic mass is 9.81. The first-order valence-electron chi connectivity index (χ1n) is 7.25. The van der Waals surface area contributed by atoms with E-state index >= 15 is 0 Å². The summed E-state index contributed by atoms with van der Waals surface area (Å²) in [7, 11) is 0. The van der Waals surface area contributed by atoms with Crippen molar-refractivity contribution in [2.45, 2.75) is 25.7 Å². The zero-order valence-electron chi connectivity index (χ0n) is 11.5. The van der Waals surface area contributed by atoms with Gasteiger partial charge in [-0.2, -0.15) is 0 Å². The zero-order valence-corrected chi connectivity index (χ0v) is 11.5. The van der Waals surface area contributed by atoms with Crippen LogP contribution < -0.4 is 5.56 Å². The van der Waals surface area contributed by atoms with Crippen LogP contribution in [0.2, 0.25) is 0 Å². The van der Waals surface area contributed by atoms with Crippen LogP contribution in [-0.4, -0.2) is 4.98 Å². The lowest BCUT2D eigenvalue weighted by Crippen LogP contribution is -2.13. The van der Waals surface area contributed by atoms with Crippen molar-refractivity contribution in [3.05, 3.63) is 69.6 Å². The maximum atomic E-state index is 11.0. The standard InChI is InChI=1S/C18H19NO/c20-18-11-10-17(13-19-18)9-6-14-4-7-16(8-5-14)12-15-2-1-3-15/h4-11,13,15H,1-3,12H2,(H,19,20)/b9-6+. The first-order valence-corrected chi connectivity index (χ1v) is 7.25. The first-order chi connectivity index (χ1) is 9.79. The first kappa shape index (κ1) is 12.9. The Hall–Kier alpha value is -2.09. The van der Waals surface area contributed by atoms with E-state index in [-0.39, 0.29) is 5.56 Å². The normalized spacial score (nSPS) is 15.4. The van der Waals surface area contributed by atoms with Gasteiger partial charge in [-0.05, 0) is 35.1 Å². The fourth-order valence-electron chi connectivity index (χ4n) is 2.51. The molecular formula is C18H19NO. The van der Waals surface area contributed by atoms with Crippen LogP contribution in [0.1, 0.15) is 36.0 Å². The monoisotopic (exact) mass is 265 g/mol. The van der Waals surface area contributed by atoms with Crippen LogP contribution >= 0.6 is 0 Å². The molecule has 0 bridgehead atoms. The van der Waals surface area contributed by atoms with E-state index < -0.39 is 0 Å². The molecule has 102 valence electrons. The zero-order chi connectivity index (χ0) is 13.8. The van der Waals surface area contributed by atoms with Crippen molar-refractivity contribution in [1.29, 1.82) is 0 Å². The van der Waals surface area contributed by atoms with Crippen LogP contribution in [0.5, 0.6) is 0 Å². The van der Waals surface area contributed by atoms with Crippen molar-refractivity contribution in [3.63, 3.8) is 0 Å². The van der Waals surface area contributed by atoms with E-state index in [2.05, 4.69) is 35.3 Å². The Labute approximate surface area is 119 Å². The highest BCUT2D eigenvalue weighted by atomic mass is 16.1. The van der Waals surface area contributed by atoms with Crippen LogP contribution in [0.4, 0.5) is 0 Å². The quantitative estimate of drug-likeness (QED) is 0.893. The van der Waals surface area contributed by atoms with Crippen LogP contribution in [0.25, 0.3) is 12.2 Å². The highest BCUT2D eigenvalue weighted by molar-refractivity contribution is 5.69. The Morgan fingerprint density at radius 1 is 1.00 bits per heavy atom. The van der Waals surface area contributed by atoms with Crippen molar-refractivity contribution < 1.29 is 0 Å². The van der Waals surface area contributed by atoms with Gasteiger partial charge in [-0.15, -0.1) is 0 Å². The third-order valence-corrected chi connectivity index (χ3v) is 4.01. The predicted octanol–water partition coefficient (Wildman–Crippen LogP) is 3.89. The summed E-state index contributed by atoms with van der Waals surface area (Å²) in [5, 5.41) is 0. The van der Waals surface area contributed by atoms with Gasteiger partial charge in [0.15, 0.2) is 0 Å². The number of hydrogen-bond acceptors (Lipinski definition) is 1. The number of aromatic amines is 1. The van der Waals surface area contributed by atoms with E-state index in [9.17, 15) is 4.79 Å². The van der Waals surface area contributed by atoms with Gasteiger partial charge in [-0.25, -0.2) is 0 Å². The molecule has 0 unspecified atom stereocenters. The van der Waals surface area contributed by atoms with Crippen LogP contribution in [0.3, 0.4) is 0 Å². The highest BCUT2D eigenvalue weighted by Gasteiger charge is 2.17. The Balaban J connectivity index is 1.64. The number of pyridine rings is 1. The molecule has 1 aliphatic carbocycles. The molecule has 1 aromatic heterocycles. The number of nitrogens with one attached hydrogen (secondary N) is 1. The molecule has 20 heavy (non-hydrogen) atoms. The maximum Gasteiger partial charge on any atom is 0.247 e. The van der Waals surface area contributed by atoms with E-state index in [0.29, 0.717) is 0 Å². The highest BCUT2D eigenvalue weighted by Crippen LogP contribution is 2.29. The Morgan fingerprint density at radius 2 is 1.70 bits per heavy atom. The average Bonchev–Trinajstić information content (AvgIpc) is 2.44. The number of rotatable bonds is 4. The Morgan fingerprint density at radius 3 is 2.30 bits per heavy atom. The molecule has 2 aromatic rings. The summed E-state index contributed by atoms with van der Waals surface area (Å²) in [4.78, 5) is 13.6. The van der Waals surface area contributed by atoms with Crippen molar-refractivity contribution in [1.82, 2.24) is 4.98 Å². The van der Waals surface area contributed by atoms with Gasteiger partial charge < -0.3 is 4.98 Å². The van der Waals surface area contributed by atoms with E-state index in [1.165, 1.54) is 36.8 Å². The minimum absolute atomic E-state index is 0.0671. The van der Waals surface area contributed by atoms with E-state index in [1.807, 2.05) is 12.1 Å². The summed E-state index contributed by atoms with van der Waals surface area (Å²) in [5.41, 5.74) is 3.56. The molecule has 0 saturated heterocycles. The smallest absolute Gasteiger partial charge is 0.247 e. The lowest BCUT2D eigenvalue weighted by Gasteiger charge is -2.25. The second kappa shape index (κ2) is 5.91. The minimum Gasteiger partial charge on any atom is -0.329 e. The summed E-state index contributed by atoms with van der Waals surface area (Å²) in [5.74, 6) is 0.914. The second-order valence-corrected chi connectivity index (χ2v) is 5.56. The molecule has 1 fully saturated rings. The molecule has 0 radical (unpaired) electrons. The number of H-pyrrole nitrogens is 1. The lowest BCUT2D eigenvalue weighted by molar-refractivity contribution is 0.314. The number of aromatic nitrogens is 1. The van der Waals surface area contributed by atoms with E-state index in [1.54, 1.807) is 12.3 Å². The molecule has 0 aliphatic heterocycles. The van der Waals surface area contributed by atoms with Crippen molar-refractivity contribution in [2.75, 3.05) is 0 Å². The van der Waals surface area contributed by atoms with Gasteiger partial charge in [0, 0.05) is 12.3 Å². The number of benzene rings is 1. The summed E-state index contributed by atoms with van der Waals surface area (Å²) in [6, 6.07) is 12.1. The van der Waals surface area contributed by atoms with Crippen molar-refractivity contribution in [2.24, 2.45) is 5.92 Å². The van der Waals surface area contributed by atoms with Crippen LogP contribution in [0, 0.1) is 5.92 Å². The van der Waals surface area contributed by atoms with Gasteiger partial charge in [0.25, 0.3) is 0 Å².